The summed E-state index contributed by atoms with van der Waals surface area (Å²) in [6.07, 6.45) is 0. The molecule has 0 bridgehead atoms. The smallest absolute Gasteiger partial charge is 0.159 e. The quantitative estimate of drug-likeness (QED) is 0.328. The average Bonchev–Trinajstić information content (AvgIpc) is 2.99. The molecule has 0 nitrogen and oxygen atoms in total. The summed E-state index contributed by atoms with van der Waals surface area (Å²) < 4.78 is 28.7. The van der Waals surface area contributed by atoms with E-state index >= 15 is 0 Å². The maximum absolute atomic E-state index is 14.5. The van der Waals surface area contributed by atoms with Crippen molar-refractivity contribution in [1.29, 1.82) is 0 Å². The molecule has 0 fully saturated rings. The number of halogens is 2. The van der Waals surface area contributed by atoms with Crippen molar-refractivity contribution in [3.8, 4) is 11.1 Å². The topological polar surface area (TPSA) is 0 Å². The van der Waals surface area contributed by atoms with E-state index in [1.165, 1.54) is 12.1 Å². The second-order valence-corrected chi connectivity index (χ2v) is 7.34. The predicted octanol–water partition coefficient (Wildman–Crippen LogP) is 6.64. The largest absolute Gasteiger partial charge is 0.204 e. The molecule has 0 amide bonds. The first-order valence-corrected chi connectivity index (χ1v) is 9.34. The van der Waals surface area contributed by atoms with Crippen LogP contribution in [0.1, 0.15) is 27.8 Å². The Morgan fingerprint density at radius 1 is 0.571 bits per heavy atom. The second kappa shape index (κ2) is 6.13. The van der Waals surface area contributed by atoms with Gasteiger partial charge in [0.15, 0.2) is 11.6 Å². The van der Waals surface area contributed by atoms with Crippen LogP contribution in [-0.4, -0.2) is 0 Å². The number of hydrogen-bond donors (Lipinski definition) is 0. The molecular formula is C26H18F2. The minimum absolute atomic E-state index is 0.687. The molecule has 2 heteroatoms. The Morgan fingerprint density at radius 3 is 1.71 bits per heavy atom. The highest BCUT2D eigenvalue weighted by Crippen LogP contribution is 2.56. The standard InChI is InChI=1S/C26H18F2/c1-17-12-13-20-21-15-24(27)25(28)16-23(21)26(22(20)14-17,18-8-4-2-5-9-18)19-10-6-3-7-11-19/h2-16H,1H3. The third kappa shape index (κ3) is 2.21. The SMILES string of the molecule is Cc1ccc2c(c1)C(c1ccccc1)(c1ccccc1)c1cc(F)c(F)cc1-2. The molecule has 4 aromatic carbocycles. The minimum atomic E-state index is -0.820. The van der Waals surface area contributed by atoms with Gasteiger partial charge in [-0.25, -0.2) is 8.78 Å². The Balaban J connectivity index is 2.00. The average molecular weight is 368 g/mol. The van der Waals surface area contributed by atoms with E-state index in [9.17, 15) is 8.78 Å². The van der Waals surface area contributed by atoms with Crippen LogP contribution in [0.2, 0.25) is 0 Å². The number of aryl methyl sites for hydroxylation is 1. The Bertz CT molecular complexity index is 1140. The van der Waals surface area contributed by atoms with Gasteiger partial charge in [-0.3, -0.25) is 0 Å². The third-order valence-electron chi connectivity index (χ3n) is 5.75. The molecule has 0 spiro atoms. The van der Waals surface area contributed by atoms with E-state index in [0.29, 0.717) is 0 Å². The van der Waals surface area contributed by atoms with Gasteiger partial charge in [0, 0.05) is 0 Å². The van der Waals surface area contributed by atoms with Crippen molar-refractivity contribution in [2.45, 2.75) is 12.3 Å². The van der Waals surface area contributed by atoms with Gasteiger partial charge < -0.3 is 0 Å². The van der Waals surface area contributed by atoms with E-state index in [1.54, 1.807) is 0 Å². The van der Waals surface area contributed by atoms with E-state index in [2.05, 4.69) is 30.3 Å². The predicted molar refractivity (Wildman–Crippen MR) is 108 cm³/mol. The van der Waals surface area contributed by atoms with Crippen molar-refractivity contribution < 1.29 is 8.78 Å². The Kier molecular flexibility index (Phi) is 3.70. The fraction of sp³-hybridized carbons (Fsp3) is 0.0769. The van der Waals surface area contributed by atoms with Crippen LogP contribution in [0.5, 0.6) is 0 Å². The number of fused-ring (bicyclic) bond motifs is 3. The molecule has 136 valence electrons. The first-order chi connectivity index (χ1) is 13.6. The lowest BCUT2D eigenvalue weighted by atomic mass is 9.67. The summed E-state index contributed by atoms with van der Waals surface area (Å²) in [5.74, 6) is -1.64. The van der Waals surface area contributed by atoms with E-state index in [0.717, 1.165) is 38.9 Å². The first kappa shape index (κ1) is 16.9. The molecule has 4 aromatic rings. The van der Waals surface area contributed by atoms with Gasteiger partial charge in [-0.15, -0.1) is 0 Å². The van der Waals surface area contributed by atoms with Crippen LogP contribution in [0.25, 0.3) is 11.1 Å². The third-order valence-corrected chi connectivity index (χ3v) is 5.75. The Hall–Kier alpha value is -3.26. The van der Waals surface area contributed by atoms with Gasteiger partial charge in [0.1, 0.15) is 0 Å². The molecular weight excluding hydrogens is 350 g/mol. The van der Waals surface area contributed by atoms with Crippen LogP contribution >= 0.6 is 0 Å². The molecule has 0 heterocycles. The van der Waals surface area contributed by atoms with Gasteiger partial charge in [0.2, 0.25) is 0 Å². The summed E-state index contributed by atoms with van der Waals surface area (Å²) >= 11 is 0. The molecule has 0 aromatic heterocycles. The van der Waals surface area contributed by atoms with Gasteiger partial charge in [0.25, 0.3) is 0 Å². The highest BCUT2D eigenvalue weighted by molar-refractivity contribution is 5.86. The van der Waals surface area contributed by atoms with Crippen molar-refractivity contribution >= 4 is 0 Å². The highest BCUT2D eigenvalue weighted by atomic mass is 19.2. The monoisotopic (exact) mass is 368 g/mol. The summed E-state index contributed by atoms with van der Waals surface area (Å²) in [4.78, 5) is 0. The fourth-order valence-electron chi connectivity index (χ4n) is 4.59. The molecule has 0 unspecified atom stereocenters. The summed E-state index contributed by atoms with van der Waals surface area (Å²) in [5.41, 5.74) is 6.05. The van der Waals surface area contributed by atoms with Gasteiger partial charge in [0.05, 0.1) is 5.41 Å². The molecule has 1 aliphatic carbocycles. The van der Waals surface area contributed by atoms with Crippen LogP contribution in [0.15, 0.2) is 91.0 Å². The van der Waals surface area contributed by atoms with Crippen LogP contribution in [0, 0.1) is 18.6 Å². The van der Waals surface area contributed by atoms with Crippen LogP contribution in [0.3, 0.4) is 0 Å². The molecule has 0 atom stereocenters. The molecule has 0 N–H and O–H groups in total. The Morgan fingerprint density at radius 2 is 1.11 bits per heavy atom. The van der Waals surface area contributed by atoms with Gasteiger partial charge in [-0.1, -0.05) is 84.4 Å². The molecule has 0 radical (unpaired) electrons. The normalized spacial score (nSPS) is 13.8. The van der Waals surface area contributed by atoms with Crippen molar-refractivity contribution in [3.63, 3.8) is 0 Å². The lowest BCUT2D eigenvalue weighted by Gasteiger charge is -2.34. The van der Waals surface area contributed by atoms with Crippen molar-refractivity contribution in [2.24, 2.45) is 0 Å². The van der Waals surface area contributed by atoms with Crippen molar-refractivity contribution in [2.75, 3.05) is 0 Å². The zero-order valence-corrected chi connectivity index (χ0v) is 15.4. The van der Waals surface area contributed by atoms with Crippen LogP contribution < -0.4 is 0 Å². The summed E-state index contributed by atoms with van der Waals surface area (Å²) in [6.45, 7) is 2.05. The Labute approximate surface area is 163 Å². The lowest BCUT2D eigenvalue weighted by Crippen LogP contribution is -2.28. The summed E-state index contributed by atoms with van der Waals surface area (Å²) in [6, 6.07) is 29.1. The first-order valence-electron chi connectivity index (χ1n) is 9.34. The van der Waals surface area contributed by atoms with Gasteiger partial charge >= 0.3 is 0 Å². The second-order valence-electron chi connectivity index (χ2n) is 7.34. The van der Waals surface area contributed by atoms with Crippen molar-refractivity contribution in [3.05, 3.63) is 130 Å². The summed E-state index contributed by atoms with van der Waals surface area (Å²) in [7, 11) is 0. The fourth-order valence-corrected chi connectivity index (χ4v) is 4.59. The maximum atomic E-state index is 14.5. The minimum Gasteiger partial charge on any atom is -0.204 e. The zero-order chi connectivity index (χ0) is 19.3. The van der Waals surface area contributed by atoms with Crippen LogP contribution in [0.4, 0.5) is 8.78 Å². The van der Waals surface area contributed by atoms with Gasteiger partial charge in [-0.2, -0.15) is 0 Å². The zero-order valence-electron chi connectivity index (χ0n) is 15.4. The van der Waals surface area contributed by atoms with E-state index in [-0.39, 0.29) is 0 Å². The molecule has 28 heavy (non-hydrogen) atoms. The number of hydrogen-bond acceptors (Lipinski definition) is 0. The molecule has 0 saturated heterocycles. The van der Waals surface area contributed by atoms with Gasteiger partial charge in [-0.05, 0) is 52.4 Å². The van der Waals surface area contributed by atoms with E-state index in [1.807, 2.05) is 55.5 Å². The number of benzene rings is 4. The molecule has 0 aliphatic heterocycles. The number of rotatable bonds is 2. The van der Waals surface area contributed by atoms with Crippen molar-refractivity contribution in [1.82, 2.24) is 0 Å². The lowest BCUT2D eigenvalue weighted by molar-refractivity contribution is 0.506. The summed E-state index contributed by atoms with van der Waals surface area (Å²) in [5, 5.41) is 0. The highest BCUT2D eigenvalue weighted by Gasteiger charge is 2.46. The maximum Gasteiger partial charge on any atom is 0.159 e. The molecule has 5 rings (SSSR count). The molecule has 0 saturated carbocycles. The van der Waals surface area contributed by atoms with Crippen LogP contribution in [-0.2, 0) is 5.41 Å². The molecule has 1 aliphatic rings. The van der Waals surface area contributed by atoms with E-state index in [4.69, 9.17) is 0 Å². The van der Waals surface area contributed by atoms with E-state index < -0.39 is 17.0 Å².